The van der Waals surface area contributed by atoms with E-state index in [1.807, 2.05) is 43.3 Å². The molecule has 0 saturated heterocycles. The number of nitrogens with one attached hydrogen (secondary N) is 1. The minimum atomic E-state index is -0.0421. The molecular weight excluding hydrogens is 252 g/mol. The summed E-state index contributed by atoms with van der Waals surface area (Å²) in [5.74, 6) is 7.06. The van der Waals surface area contributed by atoms with Crippen LogP contribution in [0, 0.1) is 0 Å². The molecule has 0 fully saturated rings. The van der Waals surface area contributed by atoms with Crippen molar-refractivity contribution in [2.75, 3.05) is 12.3 Å². The van der Waals surface area contributed by atoms with Crippen molar-refractivity contribution >= 4 is 5.82 Å². The number of pyridine rings is 1. The number of para-hydroxylation sites is 1. The standard InChI is InChI=1S/C15H20N4O/c1-2-20-14-6-4-3-5-12(14)13(19-17)9-11-7-8-18-15(16)10-11/h3-8,10,13,19H,2,9,17H2,1H3,(H2,16,18). The van der Waals surface area contributed by atoms with Crippen LogP contribution in [0.3, 0.4) is 0 Å². The summed E-state index contributed by atoms with van der Waals surface area (Å²) in [6.45, 7) is 2.59. The number of hydrogen-bond acceptors (Lipinski definition) is 5. The van der Waals surface area contributed by atoms with Crippen LogP contribution in [-0.2, 0) is 6.42 Å². The number of benzene rings is 1. The van der Waals surface area contributed by atoms with Crippen LogP contribution >= 0.6 is 0 Å². The Bertz CT molecular complexity index is 559. The maximum absolute atomic E-state index is 5.70. The molecule has 2 rings (SSSR count). The molecule has 1 heterocycles. The molecule has 1 aromatic carbocycles. The van der Waals surface area contributed by atoms with Crippen LogP contribution in [0.1, 0.15) is 24.1 Å². The maximum Gasteiger partial charge on any atom is 0.124 e. The van der Waals surface area contributed by atoms with Gasteiger partial charge < -0.3 is 10.5 Å². The lowest BCUT2D eigenvalue weighted by Crippen LogP contribution is -2.30. The first-order valence-corrected chi connectivity index (χ1v) is 6.62. The van der Waals surface area contributed by atoms with E-state index >= 15 is 0 Å². The topological polar surface area (TPSA) is 86.2 Å². The number of nitrogens with zero attached hydrogens (tertiary/aromatic N) is 1. The summed E-state index contributed by atoms with van der Waals surface area (Å²) >= 11 is 0. The lowest BCUT2D eigenvalue weighted by molar-refractivity contribution is 0.331. The molecule has 5 N–H and O–H groups in total. The third kappa shape index (κ3) is 3.46. The molecule has 0 spiro atoms. The van der Waals surface area contributed by atoms with E-state index in [-0.39, 0.29) is 6.04 Å². The van der Waals surface area contributed by atoms with E-state index in [4.69, 9.17) is 16.3 Å². The fourth-order valence-electron chi connectivity index (χ4n) is 2.17. The summed E-state index contributed by atoms with van der Waals surface area (Å²) in [5, 5.41) is 0. The van der Waals surface area contributed by atoms with Gasteiger partial charge in [-0.15, -0.1) is 0 Å². The molecule has 1 aromatic heterocycles. The van der Waals surface area contributed by atoms with Gasteiger partial charge in [-0.25, -0.2) is 4.98 Å². The van der Waals surface area contributed by atoms with E-state index in [2.05, 4.69) is 10.4 Å². The molecule has 20 heavy (non-hydrogen) atoms. The summed E-state index contributed by atoms with van der Waals surface area (Å²) in [4.78, 5) is 3.99. The Morgan fingerprint density at radius 1 is 1.30 bits per heavy atom. The van der Waals surface area contributed by atoms with Crippen LogP contribution in [-0.4, -0.2) is 11.6 Å². The first-order valence-electron chi connectivity index (χ1n) is 6.62. The van der Waals surface area contributed by atoms with Crippen LogP contribution in [0.4, 0.5) is 5.82 Å². The lowest BCUT2D eigenvalue weighted by Gasteiger charge is -2.19. The van der Waals surface area contributed by atoms with Gasteiger partial charge in [-0.1, -0.05) is 18.2 Å². The number of aromatic nitrogens is 1. The number of hydrogen-bond donors (Lipinski definition) is 3. The number of nitrogen functional groups attached to an aromatic ring is 1. The molecule has 1 unspecified atom stereocenters. The summed E-state index contributed by atoms with van der Waals surface area (Å²) in [6, 6.07) is 11.6. The molecule has 1 atom stereocenters. The van der Waals surface area contributed by atoms with Crippen LogP contribution in [0.15, 0.2) is 42.6 Å². The molecule has 0 saturated carbocycles. The molecule has 106 valence electrons. The fourth-order valence-corrected chi connectivity index (χ4v) is 2.17. The highest BCUT2D eigenvalue weighted by atomic mass is 16.5. The van der Waals surface area contributed by atoms with Gasteiger partial charge in [-0.2, -0.15) is 0 Å². The quantitative estimate of drug-likeness (QED) is 0.551. The Morgan fingerprint density at radius 2 is 2.10 bits per heavy atom. The van der Waals surface area contributed by atoms with Gasteiger partial charge in [-0.3, -0.25) is 11.3 Å². The second kappa shape index (κ2) is 6.88. The lowest BCUT2D eigenvalue weighted by atomic mass is 9.99. The summed E-state index contributed by atoms with van der Waals surface area (Å²) in [6.07, 6.45) is 2.42. The molecule has 0 aliphatic carbocycles. The predicted molar refractivity (Wildman–Crippen MR) is 80.0 cm³/mol. The minimum Gasteiger partial charge on any atom is -0.494 e. The van der Waals surface area contributed by atoms with Crippen molar-refractivity contribution in [1.29, 1.82) is 0 Å². The SMILES string of the molecule is CCOc1ccccc1C(Cc1ccnc(N)c1)NN. The summed E-state index contributed by atoms with van der Waals surface area (Å²) < 4.78 is 5.65. The zero-order valence-electron chi connectivity index (χ0n) is 11.5. The predicted octanol–water partition coefficient (Wildman–Crippen LogP) is 1.81. The molecule has 5 heteroatoms. The van der Waals surface area contributed by atoms with Gasteiger partial charge in [0.15, 0.2) is 0 Å². The van der Waals surface area contributed by atoms with E-state index < -0.39 is 0 Å². The molecule has 0 aliphatic rings. The van der Waals surface area contributed by atoms with Crippen LogP contribution < -0.4 is 21.7 Å². The third-order valence-corrected chi connectivity index (χ3v) is 3.08. The highest BCUT2D eigenvalue weighted by molar-refractivity contribution is 5.38. The van der Waals surface area contributed by atoms with Gasteiger partial charge in [0.2, 0.25) is 0 Å². The zero-order valence-corrected chi connectivity index (χ0v) is 11.5. The number of rotatable bonds is 6. The average Bonchev–Trinajstić information content (AvgIpc) is 2.46. The first-order chi connectivity index (χ1) is 9.74. The average molecular weight is 272 g/mol. The molecule has 0 radical (unpaired) electrons. The zero-order chi connectivity index (χ0) is 14.4. The number of anilines is 1. The monoisotopic (exact) mass is 272 g/mol. The Kier molecular flexibility index (Phi) is 4.92. The van der Waals surface area contributed by atoms with Gasteiger partial charge in [0.25, 0.3) is 0 Å². The number of ether oxygens (including phenoxy) is 1. The largest absolute Gasteiger partial charge is 0.494 e. The van der Waals surface area contributed by atoms with Gasteiger partial charge in [0, 0.05) is 11.8 Å². The van der Waals surface area contributed by atoms with Gasteiger partial charge in [-0.05, 0) is 37.1 Å². The van der Waals surface area contributed by atoms with Crippen molar-refractivity contribution in [2.24, 2.45) is 5.84 Å². The van der Waals surface area contributed by atoms with Crippen molar-refractivity contribution in [1.82, 2.24) is 10.4 Å². The van der Waals surface area contributed by atoms with E-state index in [0.29, 0.717) is 18.8 Å². The normalized spacial score (nSPS) is 12.1. The fraction of sp³-hybridized carbons (Fsp3) is 0.267. The highest BCUT2D eigenvalue weighted by Gasteiger charge is 2.15. The van der Waals surface area contributed by atoms with Gasteiger partial charge >= 0.3 is 0 Å². The number of nitrogens with two attached hydrogens (primary N) is 2. The van der Waals surface area contributed by atoms with E-state index in [1.54, 1.807) is 6.20 Å². The minimum absolute atomic E-state index is 0.0421. The Hall–Kier alpha value is -2.11. The number of hydrazine groups is 1. The van der Waals surface area contributed by atoms with E-state index in [1.165, 1.54) is 0 Å². The van der Waals surface area contributed by atoms with Crippen molar-refractivity contribution in [3.05, 3.63) is 53.7 Å². The second-order valence-corrected chi connectivity index (χ2v) is 4.48. The van der Waals surface area contributed by atoms with Crippen molar-refractivity contribution < 1.29 is 4.74 Å². The van der Waals surface area contributed by atoms with Crippen molar-refractivity contribution in [3.8, 4) is 5.75 Å². The van der Waals surface area contributed by atoms with Crippen LogP contribution in [0.2, 0.25) is 0 Å². The Balaban J connectivity index is 2.24. The molecule has 2 aromatic rings. The van der Waals surface area contributed by atoms with Crippen LogP contribution in [0.5, 0.6) is 5.75 Å². The second-order valence-electron chi connectivity index (χ2n) is 4.48. The molecule has 0 bridgehead atoms. The van der Waals surface area contributed by atoms with Gasteiger partial charge in [0.1, 0.15) is 11.6 Å². The molecule has 0 amide bonds. The summed E-state index contributed by atoms with van der Waals surface area (Å²) in [7, 11) is 0. The van der Waals surface area contributed by atoms with Crippen LogP contribution in [0.25, 0.3) is 0 Å². The molecular formula is C15H20N4O. The first kappa shape index (κ1) is 14.3. The van der Waals surface area contributed by atoms with Crippen molar-refractivity contribution in [3.63, 3.8) is 0 Å². The maximum atomic E-state index is 5.70. The van der Waals surface area contributed by atoms with Crippen molar-refractivity contribution in [2.45, 2.75) is 19.4 Å². The van der Waals surface area contributed by atoms with E-state index in [0.717, 1.165) is 16.9 Å². The van der Waals surface area contributed by atoms with E-state index in [9.17, 15) is 0 Å². The molecule has 0 aliphatic heterocycles. The van der Waals surface area contributed by atoms with Gasteiger partial charge in [0.05, 0.1) is 12.6 Å². The Morgan fingerprint density at radius 3 is 2.80 bits per heavy atom. The summed E-state index contributed by atoms with van der Waals surface area (Å²) in [5.41, 5.74) is 10.7. The molecule has 5 nitrogen and oxygen atoms in total. The smallest absolute Gasteiger partial charge is 0.124 e. The third-order valence-electron chi connectivity index (χ3n) is 3.08. The Labute approximate surface area is 118 Å². The highest BCUT2D eigenvalue weighted by Crippen LogP contribution is 2.27.